The minimum Gasteiger partial charge on any atom is -0.479 e. The van der Waals surface area contributed by atoms with Crippen LogP contribution in [0, 0.1) is 0 Å². The summed E-state index contributed by atoms with van der Waals surface area (Å²) >= 11 is 0. The normalized spacial score (nSPS) is 16.4. The summed E-state index contributed by atoms with van der Waals surface area (Å²) in [5, 5.41) is 48.4. The first-order valence-corrected chi connectivity index (χ1v) is 8.05. The Balaban J connectivity index is 3.95. The average molecular weight is 335 g/mol. The van der Waals surface area contributed by atoms with Crippen molar-refractivity contribution in [3.8, 4) is 0 Å². The predicted octanol–water partition coefficient (Wildman–Crippen LogP) is -0.619. The van der Waals surface area contributed by atoms with Crippen molar-refractivity contribution in [2.24, 2.45) is 0 Å². The van der Waals surface area contributed by atoms with E-state index in [1.807, 2.05) is 0 Å². The average Bonchev–Trinajstić information content (AvgIpc) is 2.54. The number of carboxylic acid groups (broad SMARTS) is 1. The van der Waals surface area contributed by atoms with E-state index in [2.05, 4.69) is 12.2 Å². The molecule has 0 saturated heterocycles. The Labute approximate surface area is 136 Å². The zero-order chi connectivity index (χ0) is 17.8. The standard InChI is InChI=1S/C15H29NO7/c1-2-3-4-5-6-7-8-9-16-14(21)12(19)10(17)11(18)13(20)15(22)23/h10-13,17-20H,2-9H2,1H3,(H,16,21)(H,22,23)/t10-,11-,12+,13?/m1/s1. The number of nitrogens with one attached hydrogen (secondary N) is 1. The van der Waals surface area contributed by atoms with Crippen molar-refractivity contribution in [3.63, 3.8) is 0 Å². The third-order valence-corrected chi connectivity index (χ3v) is 3.60. The maximum Gasteiger partial charge on any atom is 0.335 e. The molecule has 0 radical (unpaired) electrons. The van der Waals surface area contributed by atoms with Crippen molar-refractivity contribution < 1.29 is 35.1 Å². The van der Waals surface area contributed by atoms with Crippen molar-refractivity contribution in [2.75, 3.05) is 6.54 Å². The van der Waals surface area contributed by atoms with Gasteiger partial charge in [0.1, 0.15) is 12.2 Å². The van der Waals surface area contributed by atoms with Crippen LogP contribution in [0.15, 0.2) is 0 Å². The van der Waals surface area contributed by atoms with Crippen molar-refractivity contribution in [1.29, 1.82) is 0 Å². The van der Waals surface area contributed by atoms with E-state index < -0.39 is 36.3 Å². The Kier molecular flexibility index (Phi) is 11.6. The van der Waals surface area contributed by atoms with Crippen LogP contribution in [0.25, 0.3) is 0 Å². The number of carboxylic acids is 1. The summed E-state index contributed by atoms with van der Waals surface area (Å²) in [6, 6.07) is 0. The van der Waals surface area contributed by atoms with Gasteiger partial charge in [-0.3, -0.25) is 4.79 Å². The summed E-state index contributed by atoms with van der Waals surface area (Å²) in [6.07, 6.45) is -1.10. The topological polar surface area (TPSA) is 147 Å². The molecular formula is C15H29NO7. The van der Waals surface area contributed by atoms with E-state index >= 15 is 0 Å². The maximum atomic E-state index is 11.6. The van der Waals surface area contributed by atoms with Crippen LogP contribution >= 0.6 is 0 Å². The molecule has 0 aromatic rings. The zero-order valence-electron chi connectivity index (χ0n) is 13.5. The highest BCUT2D eigenvalue weighted by Crippen LogP contribution is 2.07. The zero-order valence-corrected chi connectivity index (χ0v) is 13.5. The Bertz CT molecular complexity index is 351. The molecule has 0 aromatic carbocycles. The number of carbonyl (C=O) groups is 2. The van der Waals surface area contributed by atoms with E-state index in [0.29, 0.717) is 6.54 Å². The minimum atomic E-state index is -2.28. The molecule has 1 unspecified atom stereocenters. The number of hydrogen-bond donors (Lipinski definition) is 6. The first-order chi connectivity index (χ1) is 10.8. The first kappa shape index (κ1) is 21.8. The van der Waals surface area contributed by atoms with Gasteiger partial charge in [0.2, 0.25) is 0 Å². The summed E-state index contributed by atoms with van der Waals surface area (Å²) in [7, 11) is 0. The van der Waals surface area contributed by atoms with Gasteiger partial charge in [-0.1, -0.05) is 45.4 Å². The molecule has 8 heteroatoms. The lowest BCUT2D eigenvalue weighted by molar-refractivity contribution is -0.166. The molecule has 4 atom stereocenters. The van der Waals surface area contributed by atoms with E-state index in [0.717, 1.165) is 25.7 Å². The van der Waals surface area contributed by atoms with Crippen LogP contribution in [0.4, 0.5) is 0 Å². The summed E-state index contributed by atoms with van der Waals surface area (Å²) < 4.78 is 0. The summed E-state index contributed by atoms with van der Waals surface area (Å²) in [6.45, 7) is 2.45. The third kappa shape index (κ3) is 8.85. The van der Waals surface area contributed by atoms with E-state index in [4.69, 9.17) is 10.2 Å². The van der Waals surface area contributed by atoms with Gasteiger partial charge >= 0.3 is 5.97 Å². The maximum absolute atomic E-state index is 11.6. The monoisotopic (exact) mass is 335 g/mol. The van der Waals surface area contributed by atoms with Gasteiger partial charge in [-0.25, -0.2) is 4.79 Å². The van der Waals surface area contributed by atoms with Gasteiger partial charge in [0.25, 0.3) is 5.91 Å². The molecule has 0 aromatic heterocycles. The van der Waals surface area contributed by atoms with Gasteiger partial charge in [0.15, 0.2) is 12.2 Å². The molecule has 0 fully saturated rings. The molecule has 0 rings (SSSR count). The molecule has 0 spiro atoms. The number of aliphatic carboxylic acids is 1. The van der Waals surface area contributed by atoms with Crippen LogP contribution in [0.1, 0.15) is 51.9 Å². The van der Waals surface area contributed by atoms with Crippen LogP contribution in [-0.4, -0.2) is 68.4 Å². The van der Waals surface area contributed by atoms with Gasteiger partial charge in [-0.15, -0.1) is 0 Å². The SMILES string of the molecule is CCCCCCCCCNC(=O)[C@@H](O)[C@H](O)[C@@H](O)C(O)C(=O)O. The summed E-state index contributed by atoms with van der Waals surface area (Å²) in [5.74, 6) is -2.67. The fourth-order valence-corrected chi connectivity index (χ4v) is 2.07. The number of unbranched alkanes of at least 4 members (excludes halogenated alkanes) is 6. The van der Waals surface area contributed by atoms with Crippen LogP contribution in [0.3, 0.4) is 0 Å². The number of hydrogen-bond acceptors (Lipinski definition) is 6. The van der Waals surface area contributed by atoms with Crippen LogP contribution in [0.2, 0.25) is 0 Å². The second kappa shape index (κ2) is 12.2. The Morgan fingerprint density at radius 3 is 1.83 bits per heavy atom. The second-order valence-corrected chi connectivity index (χ2v) is 5.62. The van der Waals surface area contributed by atoms with Gasteiger partial charge in [0, 0.05) is 6.54 Å². The molecular weight excluding hydrogens is 306 g/mol. The smallest absolute Gasteiger partial charge is 0.335 e. The van der Waals surface area contributed by atoms with Crippen LogP contribution < -0.4 is 5.32 Å². The van der Waals surface area contributed by atoms with Crippen molar-refractivity contribution >= 4 is 11.9 Å². The van der Waals surface area contributed by atoms with Crippen molar-refractivity contribution in [3.05, 3.63) is 0 Å². The van der Waals surface area contributed by atoms with Gasteiger partial charge in [0.05, 0.1) is 0 Å². The van der Waals surface area contributed by atoms with Gasteiger partial charge < -0.3 is 30.8 Å². The molecule has 0 saturated carbocycles. The first-order valence-electron chi connectivity index (χ1n) is 8.05. The lowest BCUT2D eigenvalue weighted by atomic mass is 10.0. The van der Waals surface area contributed by atoms with E-state index in [-0.39, 0.29) is 0 Å². The highest BCUT2D eigenvalue weighted by Gasteiger charge is 2.37. The minimum absolute atomic E-state index is 0.313. The van der Waals surface area contributed by atoms with Crippen LogP contribution in [0.5, 0.6) is 0 Å². The number of aliphatic hydroxyl groups excluding tert-OH is 4. The third-order valence-electron chi connectivity index (χ3n) is 3.60. The predicted molar refractivity (Wildman–Crippen MR) is 82.7 cm³/mol. The largest absolute Gasteiger partial charge is 0.479 e. The molecule has 8 nitrogen and oxygen atoms in total. The van der Waals surface area contributed by atoms with Gasteiger partial charge in [-0.2, -0.15) is 0 Å². The molecule has 1 amide bonds. The number of rotatable bonds is 13. The Hall–Kier alpha value is -1.22. The molecule has 0 heterocycles. The molecule has 136 valence electrons. The lowest BCUT2D eigenvalue weighted by Crippen LogP contribution is -2.52. The molecule has 6 N–H and O–H groups in total. The lowest BCUT2D eigenvalue weighted by Gasteiger charge is -2.23. The highest BCUT2D eigenvalue weighted by atomic mass is 16.4. The molecule has 0 aliphatic carbocycles. The fourth-order valence-electron chi connectivity index (χ4n) is 2.07. The number of amides is 1. The molecule has 0 bridgehead atoms. The quantitative estimate of drug-likeness (QED) is 0.246. The van der Waals surface area contributed by atoms with E-state index in [1.54, 1.807) is 0 Å². The number of aliphatic hydroxyl groups is 4. The second-order valence-electron chi connectivity index (χ2n) is 5.62. The van der Waals surface area contributed by atoms with Gasteiger partial charge in [-0.05, 0) is 6.42 Å². The molecule has 0 aliphatic heterocycles. The summed E-state index contributed by atoms with van der Waals surface area (Å²) in [5.41, 5.74) is 0. The van der Waals surface area contributed by atoms with Crippen LogP contribution in [-0.2, 0) is 9.59 Å². The molecule has 23 heavy (non-hydrogen) atoms. The number of carbonyl (C=O) groups excluding carboxylic acids is 1. The fraction of sp³-hybridized carbons (Fsp3) is 0.867. The highest BCUT2D eigenvalue weighted by molar-refractivity contribution is 5.81. The van der Waals surface area contributed by atoms with E-state index in [9.17, 15) is 24.9 Å². The molecule has 0 aliphatic rings. The van der Waals surface area contributed by atoms with E-state index in [1.165, 1.54) is 19.3 Å². The Morgan fingerprint density at radius 1 is 0.826 bits per heavy atom. The van der Waals surface area contributed by atoms with Crippen molar-refractivity contribution in [2.45, 2.75) is 76.3 Å². The van der Waals surface area contributed by atoms with Crippen molar-refractivity contribution in [1.82, 2.24) is 5.32 Å². The summed E-state index contributed by atoms with van der Waals surface area (Å²) in [4.78, 5) is 22.1. The Morgan fingerprint density at radius 2 is 1.30 bits per heavy atom.